The number of benzene rings is 2. The number of rotatable bonds is 5. The zero-order valence-electron chi connectivity index (χ0n) is 11.7. The van der Waals surface area contributed by atoms with Crippen molar-refractivity contribution < 1.29 is 4.79 Å². The lowest BCUT2D eigenvalue weighted by molar-refractivity contribution is 0.0950. The summed E-state index contributed by atoms with van der Waals surface area (Å²) in [6.45, 7) is 6.32. The highest BCUT2D eigenvalue weighted by Crippen LogP contribution is 2.13. The predicted molar refractivity (Wildman–Crippen MR) is 82.7 cm³/mol. The summed E-state index contributed by atoms with van der Waals surface area (Å²) < 4.78 is 0. The van der Waals surface area contributed by atoms with Crippen LogP contribution in [0.15, 0.2) is 61.2 Å². The van der Waals surface area contributed by atoms with Gasteiger partial charge in [-0.1, -0.05) is 54.1 Å². The van der Waals surface area contributed by atoms with Gasteiger partial charge in [0.05, 0.1) is 0 Å². The molecule has 2 nitrogen and oxygen atoms in total. The number of hydrogen-bond acceptors (Lipinski definition) is 1. The first-order valence-corrected chi connectivity index (χ1v) is 6.73. The van der Waals surface area contributed by atoms with Crippen LogP contribution in [-0.2, 0) is 13.0 Å². The molecule has 0 aliphatic heterocycles. The Morgan fingerprint density at radius 1 is 1.20 bits per heavy atom. The van der Waals surface area contributed by atoms with Crippen molar-refractivity contribution in [3.05, 3.63) is 83.4 Å². The first kappa shape index (κ1) is 14.1. The van der Waals surface area contributed by atoms with Crippen molar-refractivity contribution in [1.29, 1.82) is 0 Å². The Morgan fingerprint density at radius 3 is 2.65 bits per heavy atom. The Bertz CT molecular complexity index is 602. The number of carbonyl (C=O) groups excluding carboxylic acids is 1. The fraction of sp³-hybridized carbons (Fsp3) is 0.167. The van der Waals surface area contributed by atoms with Crippen LogP contribution in [0.1, 0.15) is 27.0 Å². The molecule has 2 aromatic rings. The Labute approximate surface area is 120 Å². The average molecular weight is 265 g/mol. The highest BCUT2D eigenvalue weighted by atomic mass is 16.1. The Balaban J connectivity index is 2.11. The molecule has 2 heteroatoms. The molecule has 20 heavy (non-hydrogen) atoms. The van der Waals surface area contributed by atoms with Gasteiger partial charge in [-0.2, -0.15) is 0 Å². The highest BCUT2D eigenvalue weighted by Gasteiger charge is 2.10. The minimum absolute atomic E-state index is 0.0364. The summed E-state index contributed by atoms with van der Waals surface area (Å²) in [5, 5.41) is 2.96. The maximum Gasteiger partial charge on any atom is 0.251 e. The maximum atomic E-state index is 12.3. The molecule has 0 saturated carbocycles. The molecule has 0 heterocycles. The van der Waals surface area contributed by atoms with E-state index in [1.54, 1.807) is 0 Å². The number of carbonyl (C=O) groups is 1. The van der Waals surface area contributed by atoms with Crippen molar-refractivity contribution in [3.8, 4) is 0 Å². The number of allylic oxidation sites excluding steroid dienone is 1. The molecule has 2 aromatic carbocycles. The summed E-state index contributed by atoms with van der Waals surface area (Å²) in [6, 6.07) is 15.8. The van der Waals surface area contributed by atoms with Crippen LogP contribution in [0.2, 0.25) is 0 Å². The van der Waals surface area contributed by atoms with E-state index in [4.69, 9.17) is 0 Å². The lowest BCUT2D eigenvalue weighted by Gasteiger charge is -2.10. The Hall–Kier alpha value is -2.35. The molecular weight excluding hydrogens is 246 g/mol. The molecule has 1 N–H and O–H groups in total. The van der Waals surface area contributed by atoms with Crippen molar-refractivity contribution >= 4 is 5.91 Å². The van der Waals surface area contributed by atoms with Crippen LogP contribution in [-0.4, -0.2) is 5.91 Å². The van der Waals surface area contributed by atoms with E-state index in [9.17, 15) is 4.79 Å². The molecule has 0 fully saturated rings. The second-order valence-electron chi connectivity index (χ2n) is 4.82. The summed E-state index contributed by atoms with van der Waals surface area (Å²) in [6.07, 6.45) is 2.53. The van der Waals surface area contributed by atoms with Crippen LogP contribution in [0.5, 0.6) is 0 Å². The zero-order chi connectivity index (χ0) is 14.4. The van der Waals surface area contributed by atoms with Gasteiger partial charge < -0.3 is 5.32 Å². The molecule has 0 aliphatic carbocycles. The summed E-state index contributed by atoms with van der Waals surface area (Å²) in [5.41, 5.74) is 4.00. The summed E-state index contributed by atoms with van der Waals surface area (Å²) >= 11 is 0. The van der Waals surface area contributed by atoms with Gasteiger partial charge >= 0.3 is 0 Å². The van der Waals surface area contributed by atoms with E-state index in [-0.39, 0.29) is 5.91 Å². The first-order chi connectivity index (χ1) is 9.70. The van der Waals surface area contributed by atoms with Gasteiger partial charge in [0.2, 0.25) is 0 Å². The lowest BCUT2D eigenvalue weighted by Crippen LogP contribution is -2.24. The molecule has 0 bridgehead atoms. The minimum Gasteiger partial charge on any atom is -0.348 e. The van der Waals surface area contributed by atoms with Crippen molar-refractivity contribution in [1.82, 2.24) is 5.32 Å². The molecule has 0 saturated heterocycles. The third-order valence-electron chi connectivity index (χ3n) is 3.17. The van der Waals surface area contributed by atoms with E-state index in [0.717, 1.165) is 22.3 Å². The molecule has 0 radical (unpaired) electrons. The SMILES string of the molecule is C=CCc1cc(C)ccc1C(=O)NCc1ccccc1. The van der Waals surface area contributed by atoms with E-state index in [1.807, 2.05) is 61.5 Å². The standard InChI is InChI=1S/C18H19NO/c1-3-7-16-12-14(2)10-11-17(16)18(20)19-13-15-8-5-4-6-9-15/h3-6,8-12H,1,7,13H2,2H3,(H,19,20). The van der Waals surface area contributed by atoms with Crippen molar-refractivity contribution in [2.24, 2.45) is 0 Å². The molecule has 0 atom stereocenters. The van der Waals surface area contributed by atoms with Gasteiger partial charge in [-0.3, -0.25) is 4.79 Å². The van der Waals surface area contributed by atoms with E-state index in [1.165, 1.54) is 0 Å². The number of amides is 1. The quantitative estimate of drug-likeness (QED) is 0.821. The molecule has 0 unspecified atom stereocenters. The minimum atomic E-state index is -0.0364. The maximum absolute atomic E-state index is 12.3. The third-order valence-corrected chi connectivity index (χ3v) is 3.17. The van der Waals surface area contributed by atoms with Crippen LogP contribution < -0.4 is 5.32 Å². The topological polar surface area (TPSA) is 29.1 Å². The normalized spacial score (nSPS) is 10.1. The fourth-order valence-electron chi connectivity index (χ4n) is 2.14. The molecule has 0 spiro atoms. The number of aryl methyl sites for hydroxylation is 1. The van der Waals surface area contributed by atoms with Crippen molar-refractivity contribution in [3.63, 3.8) is 0 Å². The monoisotopic (exact) mass is 265 g/mol. The van der Waals surface area contributed by atoms with E-state index < -0.39 is 0 Å². The Kier molecular flexibility index (Phi) is 4.72. The second-order valence-corrected chi connectivity index (χ2v) is 4.82. The lowest BCUT2D eigenvalue weighted by atomic mass is 10.0. The van der Waals surface area contributed by atoms with Gasteiger partial charge in [0, 0.05) is 12.1 Å². The molecule has 102 valence electrons. The van der Waals surface area contributed by atoms with Crippen LogP contribution >= 0.6 is 0 Å². The molecular formula is C18H19NO. The van der Waals surface area contributed by atoms with Gasteiger partial charge in [-0.15, -0.1) is 6.58 Å². The Morgan fingerprint density at radius 2 is 1.95 bits per heavy atom. The van der Waals surface area contributed by atoms with Gasteiger partial charge in [-0.05, 0) is 30.5 Å². The van der Waals surface area contributed by atoms with Crippen LogP contribution in [0.3, 0.4) is 0 Å². The molecule has 1 amide bonds. The average Bonchev–Trinajstić information content (AvgIpc) is 2.46. The summed E-state index contributed by atoms with van der Waals surface area (Å²) in [7, 11) is 0. The van der Waals surface area contributed by atoms with Gasteiger partial charge in [-0.25, -0.2) is 0 Å². The van der Waals surface area contributed by atoms with E-state index >= 15 is 0 Å². The zero-order valence-corrected chi connectivity index (χ0v) is 11.7. The van der Waals surface area contributed by atoms with E-state index in [0.29, 0.717) is 13.0 Å². The van der Waals surface area contributed by atoms with Crippen molar-refractivity contribution in [2.45, 2.75) is 19.9 Å². The molecule has 0 aliphatic rings. The van der Waals surface area contributed by atoms with Gasteiger partial charge in [0.25, 0.3) is 5.91 Å². The number of nitrogens with one attached hydrogen (secondary N) is 1. The van der Waals surface area contributed by atoms with Gasteiger partial charge in [0.15, 0.2) is 0 Å². The summed E-state index contributed by atoms with van der Waals surface area (Å²) in [5.74, 6) is -0.0364. The highest BCUT2D eigenvalue weighted by molar-refractivity contribution is 5.95. The largest absolute Gasteiger partial charge is 0.348 e. The van der Waals surface area contributed by atoms with Crippen LogP contribution in [0, 0.1) is 6.92 Å². The smallest absolute Gasteiger partial charge is 0.251 e. The van der Waals surface area contributed by atoms with Gasteiger partial charge in [0.1, 0.15) is 0 Å². The van der Waals surface area contributed by atoms with Crippen molar-refractivity contribution in [2.75, 3.05) is 0 Å². The fourth-order valence-corrected chi connectivity index (χ4v) is 2.14. The third kappa shape index (κ3) is 3.58. The second kappa shape index (κ2) is 6.71. The summed E-state index contributed by atoms with van der Waals surface area (Å²) in [4.78, 5) is 12.3. The molecule has 0 aromatic heterocycles. The van der Waals surface area contributed by atoms with Crippen LogP contribution in [0.25, 0.3) is 0 Å². The van der Waals surface area contributed by atoms with E-state index in [2.05, 4.69) is 11.9 Å². The predicted octanol–water partition coefficient (Wildman–Crippen LogP) is 3.65. The first-order valence-electron chi connectivity index (χ1n) is 6.73. The molecule has 2 rings (SSSR count). The van der Waals surface area contributed by atoms with Crippen LogP contribution in [0.4, 0.5) is 0 Å². The number of hydrogen-bond donors (Lipinski definition) is 1.